The molecule has 0 saturated heterocycles. The molecule has 2 unspecified atom stereocenters. The molecule has 0 radical (unpaired) electrons. The Bertz CT molecular complexity index is 358. The number of rotatable bonds is 5. The summed E-state index contributed by atoms with van der Waals surface area (Å²) in [7, 11) is 0. The van der Waals surface area contributed by atoms with Crippen molar-refractivity contribution in [3.8, 4) is 0 Å². The van der Waals surface area contributed by atoms with Crippen LogP contribution in [0, 0.1) is 0 Å². The van der Waals surface area contributed by atoms with Crippen molar-refractivity contribution in [1.82, 2.24) is 4.98 Å². The van der Waals surface area contributed by atoms with Crippen LogP contribution in [-0.2, 0) is 11.2 Å². The second-order valence-electron chi connectivity index (χ2n) is 4.59. The van der Waals surface area contributed by atoms with E-state index in [-0.39, 0.29) is 12.1 Å². The molecule has 2 atom stereocenters. The molecule has 17 heavy (non-hydrogen) atoms. The zero-order chi connectivity index (χ0) is 12.3. The lowest BCUT2D eigenvalue weighted by molar-refractivity contribution is 0.0554. The zero-order valence-corrected chi connectivity index (χ0v) is 11.6. The lowest BCUT2D eigenvalue weighted by atomic mass is 9.99. The van der Waals surface area contributed by atoms with Gasteiger partial charge in [0.15, 0.2) is 0 Å². The molecule has 0 fully saturated rings. The van der Waals surface area contributed by atoms with Crippen molar-refractivity contribution in [3.63, 3.8) is 0 Å². The van der Waals surface area contributed by atoms with Gasteiger partial charge < -0.3 is 10.5 Å². The van der Waals surface area contributed by atoms with E-state index in [1.54, 1.807) is 0 Å². The fourth-order valence-electron chi connectivity index (χ4n) is 2.35. The highest BCUT2D eigenvalue weighted by Crippen LogP contribution is 2.36. The largest absolute Gasteiger partial charge is 0.371 e. The van der Waals surface area contributed by atoms with E-state index in [0.717, 1.165) is 43.0 Å². The van der Waals surface area contributed by atoms with Crippen LogP contribution in [0.4, 0.5) is 0 Å². The molecule has 0 aromatic carbocycles. The lowest BCUT2D eigenvalue weighted by Gasteiger charge is -2.16. The number of ether oxygens (including phenoxy) is 1. The highest BCUT2D eigenvalue weighted by Gasteiger charge is 2.24. The molecule has 1 aromatic heterocycles. The number of nitrogens with two attached hydrogens (primary N) is 1. The summed E-state index contributed by atoms with van der Waals surface area (Å²) in [6, 6.07) is 0.146. The Labute approximate surface area is 107 Å². The van der Waals surface area contributed by atoms with Crippen LogP contribution in [0.25, 0.3) is 0 Å². The number of hydrogen-bond donors (Lipinski definition) is 1. The van der Waals surface area contributed by atoms with Crippen molar-refractivity contribution in [2.24, 2.45) is 5.73 Å². The van der Waals surface area contributed by atoms with Gasteiger partial charge in [0.1, 0.15) is 11.1 Å². The minimum atomic E-state index is 0.146. The van der Waals surface area contributed by atoms with Gasteiger partial charge in [-0.3, -0.25) is 0 Å². The molecular weight excluding hydrogens is 232 g/mol. The van der Waals surface area contributed by atoms with Gasteiger partial charge >= 0.3 is 0 Å². The fourth-order valence-corrected chi connectivity index (χ4v) is 3.61. The van der Waals surface area contributed by atoms with Gasteiger partial charge in [-0.05, 0) is 32.6 Å². The van der Waals surface area contributed by atoms with Crippen LogP contribution in [0.1, 0.15) is 67.3 Å². The second kappa shape index (κ2) is 5.94. The predicted octanol–water partition coefficient (Wildman–Crippen LogP) is 3.36. The van der Waals surface area contributed by atoms with Crippen LogP contribution in [0.3, 0.4) is 0 Å². The molecular formula is C13H22N2OS. The molecule has 2 rings (SSSR count). The van der Waals surface area contributed by atoms with E-state index in [1.807, 2.05) is 18.3 Å². The van der Waals surface area contributed by atoms with E-state index >= 15 is 0 Å². The van der Waals surface area contributed by atoms with Crippen LogP contribution in [0.2, 0.25) is 0 Å². The third-order valence-electron chi connectivity index (χ3n) is 3.21. The Morgan fingerprint density at radius 2 is 2.35 bits per heavy atom. The molecule has 1 heterocycles. The smallest absolute Gasteiger partial charge is 0.122 e. The minimum absolute atomic E-state index is 0.146. The zero-order valence-electron chi connectivity index (χ0n) is 10.7. The van der Waals surface area contributed by atoms with Crippen molar-refractivity contribution in [2.45, 2.75) is 58.1 Å². The number of fused-ring (bicyclic) bond motifs is 1. The summed E-state index contributed by atoms with van der Waals surface area (Å²) >= 11 is 1.81. The summed E-state index contributed by atoms with van der Waals surface area (Å²) in [5.41, 5.74) is 7.25. The molecule has 3 nitrogen and oxygen atoms in total. The first kappa shape index (κ1) is 13.0. The van der Waals surface area contributed by atoms with Crippen molar-refractivity contribution < 1.29 is 4.74 Å². The van der Waals surface area contributed by atoms with Crippen molar-refractivity contribution in [3.05, 3.63) is 15.6 Å². The van der Waals surface area contributed by atoms with E-state index in [9.17, 15) is 0 Å². The fraction of sp³-hybridized carbons (Fsp3) is 0.769. The second-order valence-corrected chi connectivity index (χ2v) is 5.71. The molecule has 2 N–H and O–H groups in total. The molecule has 1 aliphatic carbocycles. The van der Waals surface area contributed by atoms with Gasteiger partial charge in [-0.15, -0.1) is 11.3 Å². The standard InChI is InChI=1S/C13H22N2OS/c1-3-6-10(16-4-2)13-15-12-9(14)7-5-8-11(12)17-13/h9-10H,3-8,14H2,1-2H3. The van der Waals surface area contributed by atoms with Gasteiger partial charge in [-0.2, -0.15) is 0 Å². The quantitative estimate of drug-likeness (QED) is 0.876. The Balaban J connectivity index is 2.19. The van der Waals surface area contributed by atoms with Gasteiger partial charge in [0.2, 0.25) is 0 Å². The number of thiazole rings is 1. The van der Waals surface area contributed by atoms with Gasteiger partial charge in [-0.25, -0.2) is 4.98 Å². The van der Waals surface area contributed by atoms with Crippen LogP contribution in [0.5, 0.6) is 0 Å². The summed E-state index contributed by atoms with van der Waals surface area (Å²) < 4.78 is 5.79. The summed E-state index contributed by atoms with van der Waals surface area (Å²) in [6.45, 7) is 4.98. The van der Waals surface area contributed by atoms with Crippen LogP contribution >= 0.6 is 11.3 Å². The molecule has 0 aliphatic heterocycles. The molecule has 0 amide bonds. The van der Waals surface area contributed by atoms with E-state index in [4.69, 9.17) is 15.5 Å². The lowest BCUT2D eigenvalue weighted by Crippen LogP contribution is -2.16. The summed E-state index contributed by atoms with van der Waals surface area (Å²) in [5.74, 6) is 0. The Morgan fingerprint density at radius 1 is 1.53 bits per heavy atom. The maximum atomic E-state index is 6.11. The van der Waals surface area contributed by atoms with E-state index < -0.39 is 0 Å². The number of hydrogen-bond acceptors (Lipinski definition) is 4. The number of aryl methyl sites for hydroxylation is 1. The molecule has 4 heteroatoms. The summed E-state index contributed by atoms with van der Waals surface area (Å²) in [5, 5.41) is 1.14. The van der Waals surface area contributed by atoms with Crippen molar-refractivity contribution in [2.75, 3.05) is 6.61 Å². The first-order valence-electron chi connectivity index (χ1n) is 6.62. The Kier molecular flexibility index (Phi) is 4.54. The Hall–Kier alpha value is -0.450. The molecule has 1 aliphatic rings. The predicted molar refractivity (Wildman–Crippen MR) is 71.3 cm³/mol. The van der Waals surface area contributed by atoms with Crippen molar-refractivity contribution >= 4 is 11.3 Å². The first-order chi connectivity index (χ1) is 8.26. The molecule has 0 bridgehead atoms. The third-order valence-corrected chi connectivity index (χ3v) is 4.43. The van der Waals surface area contributed by atoms with Gasteiger partial charge in [-0.1, -0.05) is 13.3 Å². The molecule has 0 spiro atoms. The van der Waals surface area contributed by atoms with Crippen LogP contribution in [-0.4, -0.2) is 11.6 Å². The number of aromatic nitrogens is 1. The van der Waals surface area contributed by atoms with Gasteiger partial charge in [0, 0.05) is 17.5 Å². The Morgan fingerprint density at radius 3 is 3.00 bits per heavy atom. The maximum Gasteiger partial charge on any atom is 0.122 e. The average Bonchev–Trinajstić information content (AvgIpc) is 2.74. The first-order valence-corrected chi connectivity index (χ1v) is 7.44. The molecule has 96 valence electrons. The summed E-state index contributed by atoms with van der Waals surface area (Å²) in [6.07, 6.45) is 5.77. The number of nitrogens with zero attached hydrogens (tertiary/aromatic N) is 1. The molecule has 0 saturated carbocycles. The van der Waals surface area contributed by atoms with Crippen LogP contribution in [0.15, 0.2) is 0 Å². The van der Waals surface area contributed by atoms with Crippen LogP contribution < -0.4 is 5.73 Å². The van der Waals surface area contributed by atoms with E-state index in [0.29, 0.717) is 0 Å². The van der Waals surface area contributed by atoms with Gasteiger partial charge in [0.05, 0.1) is 5.69 Å². The van der Waals surface area contributed by atoms with E-state index in [2.05, 4.69) is 6.92 Å². The SMILES string of the molecule is CCCC(OCC)c1nc2c(s1)CCCC2N. The topological polar surface area (TPSA) is 48.1 Å². The maximum absolute atomic E-state index is 6.11. The highest BCUT2D eigenvalue weighted by atomic mass is 32.1. The monoisotopic (exact) mass is 254 g/mol. The third kappa shape index (κ3) is 2.87. The minimum Gasteiger partial charge on any atom is -0.371 e. The normalized spacial score (nSPS) is 21.2. The van der Waals surface area contributed by atoms with E-state index in [1.165, 1.54) is 11.3 Å². The molecule has 1 aromatic rings. The van der Waals surface area contributed by atoms with Gasteiger partial charge in [0.25, 0.3) is 0 Å². The highest BCUT2D eigenvalue weighted by molar-refractivity contribution is 7.11. The average molecular weight is 254 g/mol. The summed E-state index contributed by atoms with van der Waals surface area (Å²) in [4.78, 5) is 6.13. The van der Waals surface area contributed by atoms with Crippen molar-refractivity contribution in [1.29, 1.82) is 0 Å².